The SMILES string of the molecule is COc1ccc(C(=O)NCCc2nc3ccccc3n2CCOc2cccc3ccccc23)cc1OC. The van der Waals surface area contributed by atoms with Crippen LogP contribution < -0.4 is 19.5 Å². The normalized spacial score (nSPS) is 11.0. The summed E-state index contributed by atoms with van der Waals surface area (Å²) in [5.41, 5.74) is 2.48. The zero-order chi connectivity index (χ0) is 25.6. The Labute approximate surface area is 215 Å². The van der Waals surface area contributed by atoms with E-state index in [9.17, 15) is 4.79 Å². The summed E-state index contributed by atoms with van der Waals surface area (Å²) < 4.78 is 18.9. The Bertz CT molecular complexity index is 1540. The van der Waals surface area contributed by atoms with Crippen LogP contribution in [0.5, 0.6) is 17.2 Å². The number of hydrogen-bond acceptors (Lipinski definition) is 5. The van der Waals surface area contributed by atoms with Gasteiger partial charge in [-0.2, -0.15) is 0 Å². The molecule has 7 nitrogen and oxygen atoms in total. The van der Waals surface area contributed by atoms with Crippen molar-refractivity contribution in [2.45, 2.75) is 13.0 Å². The van der Waals surface area contributed by atoms with Crippen molar-refractivity contribution in [1.29, 1.82) is 0 Å². The van der Waals surface area contributed by atoms with E-state index < -0.39 is 0 Å². The van der Waals surface area contributed by atoms with Gasteiger partial charge in [-0.15, -0.1) is 0 Å². The number of fused-ring (bicyclic) bond motifs is 2. The Kier molecular flexibility index (Phi) is 7.21. The van der Waals surface area contributed by atoms with E-state index in [0.29, 0.717) is 43.2 Å². The molecule has 0 fully saturated rings. The summed E-state index contributed by atoms with van der Waals surface area (Å²) in [5, 5.41) is 5.24. The van der Waals surface area contributed by atoms with Gasteiger partial charge in [-0.25, -0.2) is 4.98 Å². The topological polar surface area (TPSA) is 74.6 Å². The van der Waals surface area contributed by atoms with Crippen LogP contribution in [0.1, 0.15) is 16.2 Å². The fourth-order valence-electron chi connectivity index (χ4n) is 4.50. The van der Waals surface area contributed by atoms with Crippen molar-refractivity contribution in [1.82, 2.24) is 14.9 Å². The van der Waals surface area contributed by atoms with Crippen LogP contribution in [0.3, 0.4) is 0 Å². The predicted octanol–water partition coefficient (Wildman–Crippen LogP) is 5.26. The Morgan fingerprint density at radius 1 is 0.865 bits per heavy atom. The first kappa shape index (κ1) is 24.2. The van der Waals surface area contributed by atoms with Gasteiger partial charge in [-0.3, -0.25) is 4.79 Å². The molecule has 0 radical (unpaired) electrons. The minimum Gasteiger partial charge on any atom is -0.493 e. The Hall–Kier alpha value is -4.52. The van der Waals surface area contributed by atoms with Gasteiger partial charge < -0.3 is 24.1 Å². The Morgan fingerprint density at radius 2 is 1.65 bits per heavy atom. The highest BCUT2D eigenvalue weighted by molar-refractivity contribution is 5.95. The molecule has 0 unspecified atom stereocenters. The lowest BCUT2D eigenvalue weighted by Gasteiger charge is -2.13. The first-order valence-corrected chi connectivity index (χ1v) is 12.2. The molecule has 5 rings (SSSR count). The highest BCUT2D eigenvalue weighted by atomic mass is 16.5. The molecule has 0 aliphatic heterocycles. The lowest BCUT2D eigenvalue weighted by Crippen LogP contribution is -2.26. The molecule has 1 aromatic heterocycles. The van der Waals surface area contributed by atoms with Crippen LogP contribution in [0.25, 0.3) is 21.8 Å². The van der Waals surface area contributed by atoms with Crippen LogP contribution in [0.2, 0.25) is 0 Å². The summed E-state index contributed by atoms with van der Waals surface area (Å²) in [4.78, 5) is 17.6. The van der Waals surface area contributed by atoms with Crippen molar-refractivity contribution in [2.75, 3.05) is 27.4 Å². The van der Waals surface area contributed by atoms with Crippen LogP contribution in [0.15, 0.2) is 84.9 Å². The smallest absolute Gasteiger partial charge is 0.251 e. The molecule has 0 aliphatic carbocycles. The minimum atomic E-state index is -0.178. The van der Waals surface area contributed by atoms with Crippen LogP contribution in [-0.4, -0.2) is 42.8 Å². The first-order valence-electron chi connectivity index (χ1n) is 12.2. The molecule has 0 aliphatic rings. The quantitative estimate of drug-likeness (QED) is 0.286. The molecule has 1 N–H and O–H groups in total. The fourth-order valence-corrected chi connectivity index (χ4v) is 4.50. The number of para-hydroxylation sites is 2. The predicted molar refractivity (Wildman–Crippen MR) is 145 cm³/mol. The van der Waals surface area contributed by atoms with Crippen molar-refractivity contribution in [3.63, 3.8) is 0 Å². The number of nitrogens with one attached hydrogen (secondary N) is 1. The molecule has 37 heavy (non-hydrogen) atoms. The third kappa shape index (κ3) is 5.21. The number of carbonyl (C=O) groups is 1. The van der Waals surface area contributed by atoms with E-state index in [1.807, 2.05) is 42.5 Å². The van der Waals surface area contributed by atoms with E-state index in [0.717, 1.165) is 33.4 Å². The van der Waals surface area contributed by atoms with Crippen molar-refractivity contribution in [3.8, 4) is 17.2 Å². The zero-order valence-corrected chi connectivity index (χ0v) is 20.9. The molecule has 4 aromatic carbocycles. The second kappa shape index (κ2) is 11.0. The summed E-state index contributed by atoms with van der Waals surface area (Å²) in [6, 6.07) is 27.5. The molecule has 5 aromatic rings. The number of rotatable bonds is 10. The molecule has 188 valence electrons. The maximum absolute atomic E-state index is 12.7. The number of ether oxygens (including phenoxy) is 3. The van der Waals surface area contributed by atoms with Gasteiger partial charge in [0.1, 0.15) is 18.2 Å². The van der Waals surface area contributed by atoms with E-state index >= 15 is 0 Å². The van der Waals surface area contributed by atoms with Gasteiger partial charge in [0.05, 0.1) is 31.8 Å². The van der Waals surface area contributed by atoms with E-state index in [1.54, 1.807) is 32.4 Å². The van der Waals surface area contributed by atoms with Gasteiger partial charge in [-0.1, -0.05) is 48.5 Å². The number of benzene rings is 4. The number of carbonyl (C=O) groups excluding carboxylic acids is 1. The second-order valence-corrected chi connectivity index (χ2v) is 8.57. The monoisotopic (exact) mass is 495 g/mol. The highest BCUT2D eigenvalue weighted by Crippen LogP contribution is 2.28. The van der Waals surface area contributed by atoms with Gasteiger partial charge in [0.2, 0.25) is 0 Å². The van der Waals surface area contributed by atoms with E-state index in [2.05, 4.69) is 34.1 Å². The molecule has 1 amide bonds. The third-order valence-corrected chi connectivity index (χ3v) is 6.34. The number of aromatic nitrogens is 2. The van der Waals surface area contributed by atoms with Crippen LogP contribution >= 0.6 is 0 Å². The number of nitrogens with zero attached hydrogens (tertiary/aromatic N) is 2. The number of imidazole rings is 1. The largest absolute Gasteiger partial charge is 0.493 e. The summed E-state index contributed by atoms with van der Waals surface area (Å²) in [6.07, 6.45) is 0.585. The minimum absolute atomic E-state index is 0.178. The van der Waals surface area contributed by atoms with Crippen molar-refractivity contribution >= 4 is 27.7 Å². The lowest BCUT2D eigenvalue weighted by molar-refractivity contribution is 0.0953. The van der Waals surface area contributed by atoms with Gasteiger partial charge in [0.25, 0.3) is 5.91 Å². The summed E-state index contributed by atoms with van der Waals surface area (Å²) in [5.74, 6) is 2.69. The summed E-state index contributed by atoms with van der Waals surface area (Å²) in [7, 11) is 3.12. The molecule has 0 saturated carbocycles. The Balaban J connectivity index is 1.27. The number of hydrogen-bond donors (Lipinski definition) is 1. The number of methoxy groups -OCH3 is 2. The van der Waals surface area contributed by atoms with E-state index in [4.69, 9.17) is 19.2 Å². The maximum Gasteiger partial charge on any atom is 0.251 e. The molecular formula is C30H29N3O4. The van der Waals surface area contributed by atoms with Gasteiger partial charge in [0, 0.05) is 23.9 Å². The average molecular weight is 496 g/mol. The van der Waals surface area contributed by atoms with Gasteiger partial charge in [0.15, 0.2) is 11.5 Å². The molecular weight excluding hydrogens is 466 g/mol. The van der Waals surface area contributed by atoms with Gasteiger partial charge in [-0.05, 0) is 41.8 Å². The van der Waals surface area contributed by atoms with Gasteiger partial charge >= 0.3 is 0 Å². The average Bonchev–Trinajstić information content (AvgIpc) is 3.29. The van der Waals surface area contributed by atoms with Crippen LogP contribution in [-0.2, 0) is 13.0 Å². The molecule has 0 atom stereocenters. The number of amides is 1. The maximum atomic E-state index is 12.7. The molecule has 1 heterocycles. The van der Waals surface area contributed by atoms with Crippen molar-refractivity contribution in [2.24, 2.45) is 0 Å². The summed E-state index contributed by atoms with van der Waals surface area (Å²) >= 11 is 0. The van der Waals surface area contributed by atoms with Crippen LogP contribution in [0.4, 0.5) is 0 Å². The molecule has 7 heteroatoms. The van der Waals surface area contributed by atoms with E-state index in [1.165, 1.54) is 0 Å². The third-order valence-electron chi connectivity index (χ3n) is 6.34. The van der Waals surface area contributed by atoms with Crippen molar-refractivity contribution in [3.05, 3.63) is 96.3 Å². The Morgan fingerprint density at radius 3 is 2.51 bits per heavy atom. The first-order chi connectivity index (χ1) is 18.2. The highest BCUT2D eigenvalue weighted by Gasteiger charge is 2.13. The fraction of sp³-hybridized carbons (Fsp3) is 0.200. The standard InChI is InChI=1S/C30H29N3O4/c1-35-27-15-14-22(20-28(27)36-2)30(34)31-17-16-29-32-24-11-5-6-12-25(24)33(29)18-19-37-26-13-7-9-21-8-3-4-10-23(21)26/h3-15,20H,16-19H2,1-2H3,(H,31,34). The molecule has 0 bridgehead atoms. The summed E-state index contributed by atoms with van der Waals surface area (Å²) in [6.45, 7) is 1.59. The molecule has 0 saturated heterocycles. The zero-order valence-electron chi connectivity index (χ0n) is 20.9. The van der Waals surface area contributed by atoms with Crippen LogP contribution in [0, 0.1) is 0 Å². The van der Waals surface area contributed by atoms with E-state index in [-0.39, 0.29) is 5.91 Å². The molecule has 0 spiro atoms. The lowest BCUT2D eigenvalue weighted by atomic mass is 10.1. The second-order valence-electron chi connectivity index (χ2n) is 8.57. The van der Waals surface area contributed by atoms with Crippen molar-refractivity contribution < 1.29 is 19.0 Å².